The van der Waals surface area contributed by atoms with E-state index >= 15 is 0 Å². The van der Waals surface area contributed by atoms with Crippen LogP contribution >= 0.6 is 0 Å². The highest BCUT2D eigenvalue weighted by molar-refractivity contribution is 7.89. The minimum absolute atomic E-state index is 0.275. The Kier molecular flexibility index (Phi) is 6.19. The second kappa shape index (κ2) is 7.24. The van der Waals surface area contributed by atoms with Gasteiger partial charge < -0.3 is 10.6 Å². The number of nitrogen functional groups attached to an aromatic ring is 1. The summed E-state index contributed by atoms with van der Waals surface area (Å²) in [6.07, 6.45) is 0. The SMILES string of the molecule is Cc1cc(S(=O)(=O)N(CCN(C)C)CC(C)C)ccc1N. The summed E-state index contributed by atoms with van der Waals surface area (Å²) in [4.78, 5) is 2.30. The maximum Gasteiger partial charge on any atom is 0.243 e. The molecule has 1 rings (SSSR count). The highest BCUT2D eigenvalue weighted by Crippen LogP contribution is 2.21. The normalized spacial score (nSPS) is 12.6. The molecule has 0 radical (unpaired) electrons. The Labute approximate surface area is 128 Å². The van der Waals surface area contributed by atoms with Gasteiger partial charge in [-0.25, -0.2) is 8.42 Å². The zero-order valence-electron chi connectivity index (χ0n) is 13.6. The number of hydrogen-bond acceptors (Lipinski definition) is 4. The standard InChI is InChI=1S/C15H27N3O2S/c1-12(2)11-18(9-8-17(4)5)21(19,20)14-6-7-15(16)13(3)10-14/h6-7,10,12H,8-9,11,16H2,1-5H3. The highest BCUT2D eigenvalue weighted by atomic mass is 32.2. The van der Waals surface area contributed by atoms with Gasteiger partial charge in [-0.3, -0.25) is 0 Å². The third kappa shape index (κ3) is 4.98. The molecule has 1 aromatic rings. The molecule has 0 aromatic heterocycles. The molecule has 0 saturated heterocycles. The summed E-state index contributed by atoms with van der Waals surface area (Å²) >= 11 is 0. The van der Waals surface area contributed by atoms with Crippen molar-refractivity contribution < 1.29 is 8.42 Å². The summed E-state index contributed by atoms with van der Waals surface area (Å²) in [5.41, 5.74) is 7.17. The lowest BCUT2D eigenvalue weighted by atomic mass is 10.2. The molecule has 0 aliphatic rings. The van der Waals surface area contributed by atoms with E-state index in [0.717, 1.165) is 5.56 Å². The molecule has 0 unspecified atom stereocenters. The van der Waals surface area contributed by atoms with Gasteiger partial charge in [-0.2, -0.15) is 4.31 Å². The molecular weight excluding hydrogens is 286 g/mol. The van der Waals surface area contributed by atoms with Crippen LogP contribution in [0.4, 0.5) is 5.69 Å². The van der Waals surface area contributed by atoms with Crippen LogP contribution in [0.1, 0.15) is 19.4 Å². The van der Waals surface area contributed by atoms with Gasteiger partial charge in [-0.15, -0.1) is 0 Å². The average Bonchev–Trinajstić information content (AvgIpc) is 2.36. The lowest BCUT2D eigenvalue weighted by molar-refractivity contribution is 0.312. The Bertz CT molecular complexity index is 568. The summed E-state index contributed by atoms with van der Waals surface area (Å²) in [5, 5.41) is 0. The van der Waals surface area contributed by atoms with Crippen molar-refractivity contribution in [3.05, 3.63) is 23.8 Å². The molecule has 0 spiro atoms. The van der Waals surface area contributed by atoms with E-state index in [0.29, 0.717) is 30.2 Å². The van der Waals surface area contributed by atoms with E-state index in [2.05, 4.69) is 0 Å². The third-order valence-corrected chi connectivity index (χ3v) is 5.11. The van der Waals surface area contributed by atoms with Crippen molar-refractivity contribution in [2.75, 3.05) is 39.5 Å². The molecule has 1 aromatic carbocycles. The first-order chi connectivity index (χ1) is 9.64. The summed E-state index contributed by atoms with van der Waals surface area (Å²) in [6.45, 7) is 7.55. The van der Waals surface area contributed by atoms with Crippen molar-refractivity contribution >= 4 is 15.7 Å². The van der Waals surface area contributed by atoms with Crippen molar-refractivity contribution in [2.24, 2.45) is 5.92 Å². The van der Waals surface area contributed by atoms with Crippen LogP contribution in [0.25, 0.3) is 0 Å². The number of anilines is 1. The van der Waals surface area contributed by atoms with Gasteiger partial charge in [0.2, 0.25) is 10.0 Å². The minimum atomic E-state index is -3.48. The van der Waals surface area contributed by atoms with E-state index in [1.807, 2.05) is 39.8 Å². The van der Waals surface area contributed by atoms with E-state index in [1.165, 1.54) is 0 Å². The van der Waals surface area contributed by atoms with Crippen molar-refractivity contribution in [3.8, 4) is 0 Å². The molecule has 6 heteroatoms. The lowest BCUT2D eigenvalue weighted by Gasteiger charge is -2.25. The predicted molar refractivity (Wildman–Crippen MR) is 87.7 cm³/mol. The first-order valence-electron chi connectivity index (χ1n) is 7.15. The smallest absolute Gasteiger partial charge is 0.243 e. The van der Waals surface area contributed by atoms with Crippen molar-refractivity contribution in [2.45, 2.75) is 25.7 Å². The second-order valence-electron chi connectivity index (χ2n) is 6.08. The third-order valence-electron chi connectivity index (χ3n) is 3.24. The van der Waals surface area contributed by atoms with Gasteiger partial charge in [0, 0.05) is 25.3 Å². The van der Waals surface area contributed by atoms with Crippen LogP contribution in [0.15, 0.2) is 23.1 Å². The number of aryl methyl sites for hydroxylation is 1. The van der Waals surface area contributed by atoms with Gasteiger partial charge in [0.25, 0.3) is 0 Å². The van der Waals surface area contributed by atoms with Gasteiger partial charge in [0.05, 0.1) is 4.90 Å². The van der Waals surface area contributed by atoms with Crippen LogP contribution in [0, 0.1) is 12.8 Å². The van der Waals surface area contributed by atoms with Gasteiger partial charge in [-0.1, -0.05) is 13.8 Å². The van der Waals surface area contributed by atoms with Gasteiger partial charge in [0.15, 0.2) is 0 Å². The summed E-state index contributed by atoms with van der Waals surface area (Å²) in [5.74, 6) is 0.275. The number of rotatable bonds is 7. The Morgan fingerprint density at radius 3 is 2.29 bits per heavy atom. The monoisotopic (exact) mass is 313 g/mol. The zero-order valence-corrected chi connectivity index (χ0v) is 14.4. The van der Waals surface area contributed by atoms with Gasteiger partial charge in [-0.05, 0) is 50.7 Å². The number of nitrogens with zero attached hydrogens (tertiary/aromatic N) is 2. The van der Waals surface area contributed by atoms with E-state index in [4.69, 9.17) is 5.73 Å². The molecule has 2 N–H and O–H groups in total. The molecule has 21 heavy (non-hydrogen) atoms. The molecule has 0 fully saturated rings. The van der Waals surface area contributed by atoms with Crippen LogP contribution in [-0.4, -0.2) is 51.4 Å². The first-order valence-corrected chi connectivity index (χ1v) is 8.59. The second-order valence-corrected chi connectivity index (χ2v) is 8.02. The maximum atomic E-state index is 12.8. The number of sulfonamides is 1. The van der Waals surface area contributed by atoms with Crippen LogP contribution in [0.3, 0.4) is 0 Å². The molecule has 0 atom stereocenters. The Morgan fingerprint density at radius 2 is 1.81 bits per heavy atom. The quantitative estimate of drug-likeness (QED) is 0.779. The Morgan fingerprint density at radius 1 is 1.19 bits per heavy atom. The fraction of sp³-hybridized carbons (Fsp3) is 0.600. The van der Waals surface area contributed by atoms with Crippen molar-refractivity contribution in [3.63, 3.8) is 0 Å². The average molecular weight is 313 g/mol. The number of benzene rings is 1. The van der Waals surface area contributed by atoms with E-state index in [-0.39, 0.29) is 5.92 Å². The first kappa shape index (κ1) is 17.9. The van der Waals surface area contributed by atoms with Gasteiger partial charge >= 0.3 is 0 Å². The molecule has 120 valence electrons. The summed E-state index contributed by atoms with van der Waals surface area (Å²) in [6, 6.07) is 4.88. The van der Waals surface area contributed by atoms with Gasteiger partial charge in [0.1, 0.15) is 0 Å². The van der Waals surface area contributed by atoms with E-state index in [9.17, 15) is 8.42 Å². The van der Waals surface area contributed by atoms with E-state index in [1.54, 1.807) is 22.5 Å². The number of nitrogens with two attached hydrogens (primary N) is 1. The van der Waals surface area contributed by atoms with Crippen LogP contribution in [-0.2, 0) is 10.0 Å². The Hall–Kier alpha value is -1.11. The molecule has 0 saturated carbocycles. The molecule has 0 heterocycles. The number of hydrogen-bond donors (Lipinski definition) is 1. The largest absolute Gasteiger partial charge is 0.399 e. The molecule has 0 aliphatic heterocycles. The molecule has 0 bridgehead atoms. The fourth-order valence-corrected chi connectivity index (χ4v) is 3.67. The van der Waals surface area contributed by atoms with Crippen LogP contribution in [0.5, 0.6) is 0 Å². The van der Waals surface area contributed by atoms with E-state index < -0.39 is 10.0 Å². The van der Waals surface area contributed by atoms with Crippen molar-refractivity contribution in [1.82, 2.24) is 9.21 Å². The Balaban J connectivity index is 3.09. The summed E-state index contributed by atoms with van der Waals surface area (Å²) < 4.78 is 27.2. The van der Waals surface area contributed by atoms with Crippen LogP contribution in [0.2, 0.25) is 0 Å². The lowest BCUT2D eigenvalue weighted by Crippen LogP contribution is -2.39. The maximum absolute atomic E-state index is 12.8. The molecule has 0 amide bonds. The molecule has 0 aliphatic carbocycles. The summed E-state index contributed by atoms with van der Waals surface area (Å²) in [7, 11) is 0.396. The van der Waals surface area contributed by atoms with Crippen LogP contribution < -0.4 is 5.73 Å². The minimum Gasteiger partial charge on any atom is -0.399 e. The predicted octanol–water partition coefficient (Wildman–Crippen LogP) is 1.79. The van der Waals surface area contributed by atoms with Crippen molar-refractivity contribution in [1.29, 1.82) is 0 Å². The topological polar surface area (TPSA) is 66.6 Å². The molecule has 5 nitrogen and oxygen atoms in total. The highest BCUT2D eigenvalue weighted by Gasteiger charge is 2.25. The zero-order chi connectivity index (χ0) is 16.2. The fourth-order valence-electron chi connectivity index (χ4n) is 1.99. The molecular formula is C15H27N3O2S. The number of likely N-dealkylation sites (N-methyl/N-ethyl adjacent to an activating group) is 1.